The molecule has 0 aliphatic rings. The Balaban J connectivity index is 2.28. The van der Waals surface area contributed by atoms with Gasteiger partial charge in [-0.1, -0.05) is 29.3 Å². The molecule has 0 unspecified atom stereocenters. The average molecular weight is 324 g/mol. The van der Waals surface area contributed by atoms with Crippen molar-refractivity contribution >= 4 is 40.4 Å². The van der Waals surface area contributed by atoms with Gasteiger partial charge in [-0.2, -0.15) is 16.4 Å². The van der Waals surface area contributed by atoms with Crippen molar-refractivity contribution in [2.75, 3.05) is 5.73 Å². The first-order valence-corrected chi connectivity index (χ1v) is 7.58. The van der Waals surface area contributed by atoms with Crippen molar-refractivity contribution in [3.63, 3.8) is 0 Å². The molecule has 0 bridgehead atoms. The highest BCUT2D eigenvalue weighted by molar-refractivity contribution is 7.08. The van der Waals surface area contributed by atoms with Crippen LogP contribution in [0.1, 0.15) is 0 Å². The molecule has 0 saturated heterocycles. The maximum Gasteiger partial charge on any atom is 0.129 e. The molecule has 3 rings (SSSR count). The fourth-order valence-electron chi connectivity index (χ4n) is 2.10. The maximum atomic E-state index is 6.30. The van der Waals surface area contributed by atoms with Crippen LogP contribution in [0.5, 0.6) is 0 Å². The van der Waals surface area contributed by atoms with E-state index in [4.69, 9.17) is 28.9 Å². The standard InChI is InChI=1S/C14H11Cl2N3S/c1-19-14(17)12(10-3-2-9(15)6-11(10)16)13(18-19)8-4-5-20-7-8/h2-7H,17H2,1H3. The molecular weight excluding hydrogens is 313 g/mol. The van der Waals surface area contributed by atoms with E-state index in [0.717, 1.165) is 22.4 Å². The van der Waals surface area contributed by atoms with E-state index < -0.39 is 0 Å². The highest BCUT2D eigenvalue weighted by Gasteiger charge is 2.19. The lowest BCUT2D eigenvalue weighted by atomic mass is 10.0. The summed E-state index contributed by atoms with van der Waals surface area (Å²) in [6.07, 6.45) is 0. The van der Waals surface area contributed by atoms with Gasteiger partial charge in [-0.05, 0) is 23.6 Å². The SMILES string of the molecule is Cn1nc(-c2ccsc2)c(-c2ccc(Cl)cc2Cl)c1N. The summed E-state index contributed by atoms with van der Waals surface area (Å²) in [5.74, 6) is 0.579. The fraction of sp³-hybridized carbons (Fsp3) is 0.0714. The minimum atomic E-state index is 0.564. The number of nitrogens with two attached hydrogens (primary N) is 1. The number of aromatic nitrogens is 2. The minimum Gasteiger partial charge on any atom is -0.383 e. The summed E-state index contributed by atoms with van der Waals surface area (Å²) in [6, 6.07) is 7.39. The fourth-order valence-corrected chi connectivity index (χ4v) is 3.24. The van der Waals surface area contributed by atoms with Crippen molar-refractivity contribution in [3.05, 3.63) is 45.1 Å². The Morgan fingerprint density at radius 3 is 2.70 bits per heavy atom. The van der Waals surface area contributed by atoms with E-state index in [-0.39, 0.29) is 0 Å². The van der Waals surface area contributed by atoms with Crippen LogP contribution in [0.25, 0.3) is 22.4 Å². The van der Waals surface area contributed by atoms with Gasteiger partial charge in [-0.15, -0.1) is 0 Å². The molecular formula is C14H11Cl2N3S. The maximum absolute atomic E-state index is 6.30. The van der Waals surface area contributed by atoms with Crippen molar-refractivity contribution in [2.24, 2.45) is 7.05 Å². The number of benzene rings is 1. The summed E-state index contributed by atoms with van der Waals surface area (Å²) < 4.78 is 1.66. The zero-order chi connectivity index (χ0) is 14.3. The van der Waals surface area contributed by atoms with Crippen molar-refractivity contribution in [1.82, 2.24) is 9.78 Å². The van der Waals surface area contributed by atoms with Crippen LogP contribution in [0.2, 0.25) is 10.0 Å². The number of rotatable bonds is 2. The number of nitrogens with zero attached hydrogens (tertiary/aromatic N) is 2. The van der Waals surface area contributed by atoms with Crippen LogP contribution in [0.3, 0.4) is 0 Å². The summed E-state index contributed by atoms with van der Waals surface area (Å²) in [5.41, 5.74) is 9.70. The Kier molecular flexibility index (Phi) is 3.46. The number of hydrogen-bond donors (Lipinski definition) is 1. The predicted octanol–water partition coefficient (Wildman–Crippen LogP) is 4.70. The van der Waals surface area contributed by atoms with Gasteiger partial charge >= 0.3 is 0 Å². The van der Waals surface area contributed by atoms with Gasteiger partial charge in [0.2, 0.25) is 0 Å². The van der Waals surface area contributed by atoms with Crippen molar-refractivity contribution in [2.45, 2.75) is 0 Å². The molecule has 0 atom stereocenters. The van der Waals surface area contributed by atoms with Crippen LogP contribution in [-0.2, 0) is 7.05 Å². The van der Waals surface area contributed by atoms with Crippen LogP contribution in [0.4, 0.5) is 5.82 Å². The normalized spacial score (nSPS) is 10.9. The average Bonchev–Trinajstić information content (AvgIpc) is 3.01. The van der Waals surface area contributed by atoms with Gasteiger partial charge in [0, 0.05) is 28.6 Å². The summed E-state index contributed by atoms with van der Waals surface area (Å²) in [5, 5.41) is 9.70. The van der Waals surface area contributed by atoms with Crippen LogP contribution in [0, 0.1) is 0 Å². The second kappa shape index (κ2) is 5.13. The zero-order valence-corrected chi connectivity index (χ0v) is 12.9. The topological polar surface area (TPSA) is 43.8 Å². The number of thiophene rings is 1. The largest absolute Gasteiger partial charge is 0.383 e. The Bertz CT molecular complexity index is 763. The molecule has 3 nitrogen and oxygen atoms in total. The molecule has 20 heavy (non-hydrogen) atoms. The number of nitrogen functional groups attached to an aromatic ring is 1. The van der Waals surface area contributed by atoms with Gasteiger partial charge in [0.1, 0.15) is 11.5 Å². The molecule has 0 amide bonds. The number of halogens is 2. The van der Waals surface area contributed by atoms with E-state index in [1.165, 1.54) is 0 Å². The molecule has 2 heterocycles. The highest BCUT2D eigenvalue weighted by atomic mass is 35.5. The smallest absolute Gasteiger partial charge is 0.129 e. The van der Waals surface area contributed by atoms with Gasteiger partial charge in [0.15, 0.2) is 0 Å². The Hall–Kier alpha value is -1.49. The van der Waals surface area contributed by atoms with Crippen LogP contribution < -0.4 is 5.73 Å². The zero-order valence-electron chi connectivity index (χ0n) is 10.6. The summed E-state index contributed by atoms with van der Waals surface area (Å²) in [7, 11) is 1.82. The van der Waals surface area contributed by atoms with Gasteiger partial charge in [-0.3, -0.25) is 4.68 Å². The van der Waals surface area contributed by atoms with E-state index in [1.807, 2.05) is 29.9 Å². The third-order valence-corrected chi connectivity index (χ3v) is 4.32. The third kappa shape index (κ3) is 2.20. The number of hydrogen-bond acceptors (Lipinski definition) is 3. The first-order chi connectivity index (χ1) is 9.58. The Labute approximate surface area is 130 Å². The lowest BCUT2D eigenvalue weighted by Crippen LogP contribution is -1.98. The molecule has 2 N–H and O–H groups in total. The van der Waals surface area contributed by atoms with Crippen molar-refractivity contribution in [1.29, 1.82) is 0 Å². The van der Waals surface area contributed by atoms with Crippen molar-refractivity contribution in [3.8, 4) is 22.4 Å². The van der Waals surface area contributed by atoms with E-state index in [9.17, 15) is 0 Å². The molecule has 0 fully saturated rings. The highest BCUT2D eigenvalue weighted by Crippen LogP contribution is 2.40. The molecule has 0 spiro atoms. The summed E-state index contributed by atoms with van der Waals surface area (Å²) in [6.45, 7) is 0. The van der Waals surface area contributed by atoms with E-state index in [0.29, 0.717) is 15.9 Å². The van der Waals surface area contributed by atoms with Gasteiger partial charge in [0.25, 0.3) is 0 Å². The minimum absolute atomic E-state index is 0.564. The number of aryl methyl sites for hydroxylation is 1. The van der Waals surface area contributed by atoms with E-state index in [2.05, 4.69) is 5.10 Å². The van der Waals surface area contributed by atoms with Crippen LogP contribution in [0.15, 0.2) is 35.0 Å². The molecule has 102 valence electrons. The predicted molar refractivity (Wildman–Crippen MR) is 86.4 cm³/mol. The Morgan fingerprint density at radius 2 is 2.05 bits per heavy atom. The second-order valence-electron chi connectivity index (χ2n) is 4.37. The lowest BCUT2D eigenvalue weighted by Gasteiger charge is -2.06. The molecule has 2 aromatic heterocycles. The molecule has 6 heteroatoms. The second-order valence-corrected chi connectivity index (χ2v) is 5.99. The molecule has 3 aromatic rings. The lowest BCUT2D eigenvalue weighted by molar-refractivity contribution is 0.782. The molecule has 0 saturated carbocycles. The van der Waals surface area contributed by atoms with E-state index in [1.54, 1.807) is 28.2 Å². The van der Waals surface area contributed by atoms with Gasteiger partial charge in [0.05, 0.1) is 10.6 Å². The molecule has 0 aliphatic heterocycles. The molecule has 1 aromatic carbocycles. The Morgan fingerprint density at radius 1 is 1.25 bits per heavy atom. The van der Waals surface area contributed by atoms with Gasteiger partial charge < -0.3 is 5.73 Å². The van der Waals surface area contributed by atoms with Crippen LogP contribution >= 0.6 is 34.5 Å². The molecule has 0 radical (unpaired) electrons. The molecule has 0 aliphatic carbocycles. The van der Waals surface area contributed by atoms with Crippen molar-refractivity contribution < 1.29 is 0 Å². The third-order valence-electron chi connectivity index (χ3n) is 3.09. The van der Waals surface area contributed by atoms with E-state index >= 15 is 0 Å². The van der Waals surface area contributed by atoms with Crippen LogP contribution in [-0.4, -0.2) is 9.78 Å². The number of anilines is 1. The first-order valence-electron chi connectivity index (χ1n) is 5.88. The first kappa shape index (κ1) is 13.5. The quantitative estimate of drug-likeness (QED) is 0.742. The summed E-state index contributed by atoms with van der Waals surface area (Å²) >= 11 is 13.9. The monoisotopic (exact) mass is 323 g/mol. The van der Waals surface area contributed by atoms with Gasteiger partial charge in [-0.25, -0.2) is 0 Å². The summed E-state index contributed by atoms with van der Waals surface area (Å²) in [4.78, 5) is 0.